The van der Waals surface area contributed by atoms with Crippen LogP contribution in [-0.4, -0.2) is 41.4 Å². The van der Waals surface area contributed by atoms with Crippen LogP contribution in [0.15, 0.2) is 24.3 Å². The molecular formula is C20H24ClN3O3. The van der Waals surface area contributed by atoms with Crippen molar-refractivity contribution in [2.75, 3.05) is 13.1 Å². The lowest BCUT2D eigenvalue weighted by atomic mass is 9.87. The van der Waals surface area contributed by atoms with Crippen LogP contribution in [0.2, 0.25) is 5.02 Å². The number of carbonyl (C=O) groups excluding carboxylic acids is 3. The first kappa shape index (κ1) is 18.3. The van der Waals surface area contributed by atoms with Crippen LogP contribution in [0.3, 0.4) is 0 Å². The average molecular weight is 390 g/mol. The number of benzene rings is 1. The first-order chi connectivity index (χ1) is 13.0. The second-order valence-electron chi connectivity index (χ2n) is 7.86. The molecular weight excluding hydrogens is 366 g/mol. The smallest absolute Gasteiger partial charge is 0.322 e. The average Bonchev–Trinajstić information content (AvgIpc) is 3.46. The van der Waals surface area contributed by atoms with Crippen molar-refractivity contribution in [3.05, 3.63) is 34.9 Å². The molecule has 0 aromatic heterocycles. The predicted molar refractivity (Wildman–Crippen MR) is 101 cm³/mol. The molecule has 4 amide bonds. The molecule has 2 heterocycles. The number of carbonyl (C=O) groups is 3. The van der Waals surface area contributed by atoms with Crippen molar-refractivity contribution in [3.63, 3.8) is 0 Å². The summed E-state index contributed by atoms with van der Waals surface area (Å²) in [7, 11) is 0. The molecule has 4 rings (SSSR count). The quantitative estimate of drug-likeness (QED) is 0.760. The molecule has 1 aliphatic carbocycles. The molecule has 7 heteroatoms. The molecule has 3 aliphatic rings. The fourth-order valence-electron chi connectivity index (χ4n) is 4.43. The third-order valence-corrected chi connectivity index (χ3v) is 6.38. The number of hydrogen-bond donors (Lipinski definition) is 2. The van der Waals surface area contributed by atoms with Gasteiger partial charge >= 0.3 is 6.03 Å². The van der Waals surface area contributed by atoms with E-state index in [0.29, 0.717) is 25.4 Å². The summed E-state index contributed by atoms with van der Waals surface area (Å²) in [6.07, 6.45) is 4.34. The monoisotopic (exact) mass is 389 g/mol. The van der Waals surface area contributed by atoms with Crippen LogP contribution < -0.4 is 10.6 Å². The van der Waals surface area contributed by atoms with E-state index in [0.717, 1.165) is 30.7 Å². The number of rotatable bonds is 5. The number of urea groups is 1. The highest BCUT2D eigenvalue weighted by Crippen LogP contribution is 2.44. The van der Waals surface area contributed by atoms with Crippen LogP contribution in [0, 0.1) is 5.92 Å². The van der Waals surface area contributed by atoms with E-state index in [1.165, 1.54) is 5.56 Å². The summed E-state index contributed by atoms with van der Waals surface area (Å²) in [6.45, 7) is 1.43. The highest BCUT2D eigenvalue weighted by molar-refractivity contribution is 6.30. The molecule has 0 bridgehead atoms. The Bertz CT molecular complexity index is 771. The fourth-order valence-corrected chi connectivity index (χ4v) is 4.63. The molecule has 1 atom stereocenters. The van der Waals surface area contributed by atoms with E-state index in [4.69, 9.17) is 11.6 Å². The molecule has 27 heavy (non-hydrogen) atoms. The Morgan fingerprint density at radius 1 is 1.19 bits per heavy atom. The third kappa shape index (κ3) is 3.68. The maximum Gasteiger partial charge on any atom is 0.322 e. The Kier molecular flexibility index (Phi) is 4.84. The van der Waals surface area contributed by atoms with Crippen LogP contribution in [0.25, 0.3) is 0 Å². The van der Waals surface area contributed by atoms with Crippen molar-refractivity contribution in [1.82, 2.24) is 15.5 Å². The summed E-state index contributed by atoms with van der Waals surface area (Å²) in [4.78, 5) is 38.4. The highest BCUT2D eigenvalue weighted by atomic mass is 35.5. The summed E-state index contributed by atoms with van der Waals surface area (Å²) in [6, 6.07) is 7.49. The van der Waals surface area contributed by atoms with Crippen LogP contribution in [0.5, 0.6) is 0 Å². The number of likely N-dealkylation sites (tertiary alicyclic amines) is 1. The topological polar surface area (TPSA) is 78.5 Å². The lowest BCUT2D eigenvalue weighted by Gasteiger charge is -2.33. The first-order valence-corrected chi connectivity index (χ1v) is 10.0. The van der Waals surface area contributed by atoms with Crippen molar-refractivity contribution < 1.29 is 14.4 Å². The van der Waals surface area contributed by atoms with Crippen molar-refractivity contribution in [2.45, 2.75) is 50.0 Å². The number of amides is 4. The third-order valence-electron chi connectivity index (χ3n) is 6.14. The molecule has 3 fully saturated rings. The van der Waals surface area contributed by atoms with Gasteiger partial charge in [-0.3, -0.25) is 14.9 Å². The minimum atomic E-state index is -0.883. The van der Waals surface area contributed by atoms with E-state index in [1.54, 1.807) is 0 Å². The maximum absolute atomic E-state index is 12.7. The van der Waals surface area contributed by atoms with Gasteiger partial charge in [0.25, 0.3) is 5.91 Å². The number of nitrogens with one attached hydrogen (secondary N) is 2. The van der Waals surface area contributed by atoms with E-state index < -0.39 is 11.6 Å². The van der Waals surface area contributed by atoms with Crippen LogP contribution >= 0.6 is 11.6 Å². The van der Waals surface area contributed by atoms with E-state index in [9.17, 15) is 14.4 Å². The Labute approximate surface area is 163 Å². The highest BCUT2D eigenvalue weighted by Gasteiger charge is 2.55. The molecule has 144 valence electrons. The predicted octanol–water partition coefficient (Wildman–Crippen LogP) is 2.81. The van der Waals surface area contributed by atoms with Crippen LogP contribution in [0.4, 0.5) is 4.79 Å². The zero-order valence-corrected chi connectivity index (χ0v) is 15.9. The second-order valence-corrected chi connectivity index (χ2v) is 8.30. The Morgan fingerprint density at radius 2 is 1.93 bits per heavy atom. The van der Waals surface area contributed by atoms with E-state index in [2.05, 4.69) is 16.7 Å². The number of hydrogen-bond acceptors (Lipinski definition) is 3. The minimum Gasteiger partial charge on any atom is -0.343 e. The van der Waals surface area contributed by atoms with Gasteiger partial charge in [0.1, 0.15) is 5.54 Å². The molecule has 1 unspecified atom stereocenters. The van der Waals surface area contributed by atoms with Gasteiger partial charge in [0.05, 0.1) is 0 Å². The van der Waals surface area contributed by atoms with Crippen molar-refractivity contribution >= 4 is 29.4 Å². The molecule has 2 saturated heterocycles. The van der Waals surface area contributed by atoms with Crippen LogP contribution in [-0.2, 0) is 9.59 Å². The van der Waals surface area contributed by atoms with E-state index in [1.807, 2.05) is 23.1 Å². The lowest BCUT2D eigenvalue weighted by molar-refractivity contribution is -0.133. The molecule has 0 spiro atoms. The Balaban J connectivity index is 1.32. The fraction of sp³-hybridized carbons (Fsp3) is 0.550. The van der Waals surface area contributed by atoms with E-state index in [-0.39, 0.29) is 24.2 Å². The molecule has 6 nitrogen and oxygen atoms in total. The van der Waals surface area contributed by atoms with Gasteiger partial charge in [0, 0.05) is 24.5 Å². The summed E-state index contributed by atoms with van der Waals surface area (Å²) in [5, 5.41) is 5.87. The van der Waals surface area contributed by atoms with E-state index >= 15 is 0 Å². The van der Waals surface area contributed by atoms with Gasteiger partial charge in [0.2, 0.25) is 5.91 Å². The summed E-state index contributed by atoms with van der Waals surface area (Å²) in [5.41, 5.74) is 0.346. The van der Waals surface area contributed by atoms with Gasteiger partial charge in [-0.15, -0.1) is 0 Å². The number of halogens is 1. The number of piperidine rings is 1. The van der Waals surface area contributed by atoms with Gasteiger partial charge in [-0.2, -0.15) is 0 Å². The van der Waals surface area contributed by atoms with Crippen LogP contribution in [0.1, 0.15) is 50.0 Å². The summed E-state index contributed by atoms with van der Waals surface area (Å²) >= 11 is 6.09. The zero-order valence-electron chi connectivity index (χ0n) is 15.2. The zero-order chi connectivity index (χ0) is 19.0. The largest absolute Gasteiger partial charge is 0.343 e. The molecule has 1 aromatic carbocycles. The normalized spacial score (nSPS) is 26.0. The standard InChI is InChI=1S/C20H24ClN3O3/c21-16-3-1-2-14(12-16)13-7-10-24(11-8-13)17(25)6-9-20(15-4-5-15)18(26)22-19(27)23-20/h1-3,12-13,15H,4-11H2,(H2,22,23,26,27). The van der Waals surface area contributed by atoms with Gasteiger partial charge in [-0.05, 0) is 61.6 Å². The first-order valence-electron chi connectivity index (χ1n) is 9.65. The van der Waals surface area contributed by atoms with Crippen molar-refractivity contribution in [2.24, 2.45) is 5.92 Å². The molecule has 1 aromatic rings. The van der Waals surface area contributed by atoms with Gasteiger partial charge in [-0.1, -0.05) is 23.7 Å². The molecule has 2 N–H and O–H groups in total. The summed E-state index contributed by atoms with van der Waals surface area (Å²) in [5.74, 6) is 0.367. The van der Waals surface area contributed by atoms with Gasteiger partial charge in [-0.25, -0.2) is 4.79 Å². The number of nitrogens with zero attached hydrogens (tertiary/aromatic N) is 1. The second kappa shape index (κ2) is 7.15. The SMILES string of the molecule is O=C1NC(=O)C(CCC(=O)N2CCC(c3cccc(Cl)c3)CC2)(C2CC2)N1. The van der Waals surface area contributed by atoms with Crippen molar-refractivity contribution in [3.8, 4) is 0 Å². The maximum atomic E-state index is 12.7. The number of imide groups is 1. The lowest BCUT2D eigenvalue weighted by Crippen LogP contribution is -2.50. The van der Waals surface area contributed by atoms with Crippen molar-refractivity contribution in [1.29, 1.82) is 0 Å². The Morgan fingerprint density at radius 3 is 2.52 bits per heavy atom. The Hall–Kier alpha value is -2.08. The minimum absolute atomic E-state index is 0.0634. The molecule has 0 radical (unpaired) electrons. The van der Waals surface area contributed by atoms with Gasteiger partial charge < -0.3 is 10.2 Å². The molecule has 1 saturated carbocycles. The molecule has 2 aliphatic heterocycles. The van der Waals surface area contributed by atoms with Gasteiger partial charge in [0.15, 0.2) is 0 Å². The summed E-state index contributed by atoms with van der Waals surface area (Å²) < 4.78 is 0.